The van der Waals surface area contributed by atoms with E-state index in [4.69, 9.17) is 16.2 Å². The first kappa shape index (κ1) is 14.8. The maximum absolute atomic E-state index is 11.7. The highest BCUT2D eigenvalue weighted by Crippen LogP contribution is 2.42. The molecule has 100 valence electrons. The molecule has 0 saturated carbocycles. The van der Waals surface area contributed by atoms with Gasteiger partial charge in [-0.15, -0.1) is 0 Å². The summed E-state index contributed by atoms with van der Waals surface area (Å²) in [6.07, 6.45) is 0. The molecule has 0 fully saturated rings. The Morgan fingerprint density at radius 1 is 1.50 bits per heavy atom. The van der Waals surface area contributed by atoms with E-state index in [9.17, 15) is 9.90 Å². The number of ether oxygens (including phenoxy) is 1. The van der Waals surface area contributed by atoms with Crippen molar-refractivity contribution >= 4 is 27.6 Å². The highest BCUT2D eigenvalue weighted by molar-refractivity contribution is 9.10. The topological polar surface area (TPSA) is 98.6 Å². The highest BCUT2D eigenvalue weighted by Gasteiger charge is 2.39. The van der Waals surface area contributed by atoms with Crippen molar-refractivity contribution in [3.8, 4) is 5.75 Å². The summed E-state index contributed by atoms with van der Waals surface area (Å²) in [5.41, 5.74) is 11.3. The van der Waals surface area contributed by atoms with Crippen LogP contribution in [0.3, 0.4) is 0 Å². The van der Waals surface area contributed by atoms with Gasteiger partial charge in [-0.3, -0.25) is 4.79 Å². The van der Waals surface area contributed by atoms with E-state index in [0.29, 0.717) is 10.0 Å². The number of nitrogen functional groups attached to an aromatic ring is 1. The summed E-state index contributed by atoms with van der Waals surface area (Å²) in [7, 11) is 1.30. The first-order valence-corrected chi connectivity index (χ1v) is 6.13. The minimum absolute atomic E-state index is 0.117. The Morgan fingerprint density at radius 2 is 2.06 bits per heavy atom. The van der Waals surface area contributed by atoms with Crippen LogP contribution in [0.5, 0.6) is 5.75 Å². The second-order valence-electron chi connectivity index (χ2n) is 4.59. The zero-order chi connectivity index (χ0) is 14.1. The van der Waals surface area contributed by atoms with Crippen molar-refractivity contribution in [3.63, 3.8) is 0 Å². The maximum Gasteiger partial charge on any atom is 0.313 e. The summed E-state index contributed by atoms with van der Waals surface area (Å²) >= 11 is 3.30. The molecule has 0 amide bonds. The molecule has 5 N–H and O–H groups in total. The Hall–Kier alpha value is -1.27. The van der Waals surface area contributed by atoms with Crippen molar-refractivity contribution < 1.29 is 14.6 Å². The first-order chi connectivity index (χ1) is 8.23. The fourth-order valence-corrected chi connectivity index (χ4v) is 2.21. The summed E-state index contributed by atoms with van der Waals surface area (Å²) in [4.78, 5) is 11.7. The standard InChI is InChI=1S/C12H17BrN2O3/c1-12(2,11(17)18-3)10(15)8-6(13)4-5-7(14)9(8)16/h4-5,10,16H,14-15H2,1-3H3/t10-/m1/s1. The number of rotatable bonds is 3. The third kappa shape index (κ3) is 2.44. The van der Waals surface area contributed by atoms with E-state index >= 15 is 0 Å². The van der Waals surface area contributed by atoms with Gasteiger partial charge in [0.1, 0.15) is 5.75 Å². The van der Waals surface area contributed by atoms with Gasteiger partial charge in [-0.2, -0.15) is 0 Å². The van der Waals surface area contributed by atoms with Gasteiger partial charge in [-0.1, -0.05) is 15.9 Å². The molecule has 0 bridgehead atoms. The van der Waals surface area contributed by atoms with Crippen molar-refractivity contribution in [2.75, 3.05) is 12.8 Å². The number of phenols is 1. The lowest BCUT2D eigenvalue weighted by Crippen LogP contribution is -2.37. The molecule has 5 nitrogen and oxygen atoms in total. The van der Waals surface area contributed by atoms with Crippen LogP contribution in [0.25, 0.3) is 0 Å². The molecule has 1 atom stereocenters. The molecule has 0 spiro atoms. The number of nitrogens with two attached hydrogens (primary N) is 2. The van der Waals surface area contributed by atoms with Gasteiger partial charge in [-0.25, -0.2) is 0 Å². The van der Waals surface area contributed by atoms with E-state index in [1.807, 2.05) is 0 Å². The average Bonchev–Trinajstić information content (AvgIpc) is 2.33. The first-order valence-electron chi connectivity index (χ1n) is 5.34. The summed E-state index contributed by atoms with van der Waals surface area (Å²) < 4.78 is 5.32. The molecule has 1 aromatic rings. The molecule has 0 aliphatic heterocycles. The molecule has 0 heterocycles. The van der Waals surface area contributed by atoms with Crippen molar-refractivity contribution in [2.45, 2.75) is 19.9 Å². The third-order valence-electron chi connectivity index (χ3n) is 3.00. The van der Waals surface area contributed by atoms with Crippen LogP contribution in [0.4, 0.5) is 5.69 Å². The molecule has 0 saturated heterocycles. The minimum atomic E-state index is -0.984. The summed E-state index contributed by atoms with van der Waals surface area (Å²) in [5, 5.41) is 9.98. The van der Waals surface area contributed by atoms with Gasteiger partial charge in [0, 0.05) is 10.0 Å². The van der Waals surface area contributed by atoms with Crippen molar-refractivity contribution in [2.24, 2.45) is 11.1 Å². The number of benzene rings is 1. The number of methoxy groups -OCH3 is 1. The van der Waals surface area contributed by atoms with Crippen molar-refractivity contribution in [3.05, 3.63) is 22.2 Å². The molecule has 0 unspecified atom stereocenters. The monoisotopic (exact) mass is 316 g/mol. The van der Waals surface area contributed by atoms with E-state index in [1.54, 1.807) is 26.0 Å². The Labute approximate surface area is 114 Å². The number of carbonyl (C=O) groups is 1. The molecule has 18 heavy (non-hydrogen) atoms. The lowest BCUT2D eigenvalue weighted by Gasteiger charge is -2.30. The van der Waals surface area contributed by atoms with Crippen LogP contribution in [-0.4, -0.2) is 18.2 Å². The predicted molar refractivity (Wildman–Crippen MR) is 72.9 cm³/mol. The normalized spacial score (nSPS) is 13.2. The van der Waals surface area contributed by atoms with Crippen LogP contribution in [0.15, 0.2) is 16.6 Å². The number of hydrogen-bond donors (Lipinski definition) is 3. The molecule has 0 radical (unpaired) electrons. The Bertz CT molecular complexity index is 475. The minimum Gasteiger partial charge on any atom is -0.505 e. The van der Waals surface area contributed by atoms with E-state index in [0.717, 1.165) is 0 Å². The zero-order valence-corrected chi connectivity index (χ0v) is 12.1. The Morgan fingerprint density at radius 3 is 2.56 bits per heavy atom. The molecule has 0 aliphatic carbocycles. The number of halogens is 1. The van der Waals surface area contributed by atoms with E-state index in [-0.39, 0.29) is 11.4 Å². The smallest absolute Gasteiger partial charge is 0.313 e. The molecule has 0 aliphatic rings. The van der Waals surface area contributed by atoms with Crippen molar-refractivity contribution in [1.29, 1.82) is 0 Å². The van der Waals surface area contributed by atoms with Crippen LogP contribution >= 0.6 is 15.9 Å². The maximum atomic E-state index is 11.7. The van der Waals surface area contributed by atoms with Gasteiger partial charge in [0.2, 0.25) is 0 Å². The number of phenolic OH excluding ortho intramolecular Hbond substituents is 1. The second-order valence-corrected chi connectivity index (χ2v) is 5.44. The molecular weight excluding hydrogens is 300 g/mol. The lowest BCUT2D eigenvalue weighted by atomic mass is 9.80. The molecule has 1 rings (SSSR count). The summed E-state index contributed by atoms with van der Waals surface area (Å²) in [6.45, 7) is 3.30. The van der Waals surface area contributed by atoms with Crippen LogP contribution in [-0.2, 0) is 9.53 Å². The fraction of sp³-hybridized carbons (Fsp3) is 0.417. The number of hydrogen-bond acceptors (Lipinski definition) is 5. The number of anilines is 1. The fourth-order valence-electron chi connectivity index (χ4n) is 1.65. The number of aromatic hydroxyl groups is 1. The quantitative estimate of drug-likeness (QED) is 0.449. The van der Waals surface area contributed by atoms with Crippen LogP contribution in [0.1, 0.15) is 25.5 Å². The van der Waals surface area contributed by atoms with Gasteiger partial charge >= 0.3 is 5.97 Å². The van der Waals surface area contributed by atoms with Gasteiger partial charge < -0.3 is 21.3 Å². The Kier molecular flexibility index (Phi) is 4.24. The van der Waals surface area contributed by atoms with Gasteiger partial charge in [0.05, 0.1) is 24.3 Å². The largest absolute Gasteiger partial charge is 0.505 e. The summed E-state index contributed by atoms with van der Waals surface area (Å²) in [5.74, 6) is -0.572. The van der Waals surface area contributed by atoms with Crippen LogP contribution in [0.2, 0.25) is 0 Å². The van der Waals surface area contributed by atoms with E-state index in [2.05, 4.69) is 15.9 Å². The average molecular weight is 317 g/mol. The lowest BCUT2D eigenvalue weighted by molar-refractivity contribution is -0.152. The number of carbonyl (C=O) groups excluding carboxylic acids is 1. The molecule has 0 aromatic heterocycles. The van der Waals surface area contributed by atoms with Crippen molar-refractivity contribution in [1.82, 2.24) is 0 Å². The van der Waals surface area contributed by atoms with Crippen LogP contribution < -0.4 is 11.5 Å². The second kappa shape index (κ2) is 5.16. The Balaban J connectivity index is 3.31. The van der Waals surface area contributed by atoms with Gasteiger partial charge in [0.15, 0.2) is 0 Å². The number of esters is 1. The molecule has 6 heteroatoms. The summed E-state index contributed by atoms with van der Waals surface area (Å²) in [6, 6.07) is 2.49. The van der Waals surface area contributed by atoms with Crippen LogP contribution in [0, 0.1) is 5.41 Å². The zero-order valence-electron chi connectivity index (χ0n) is 10.5. The SMILES string of the molecule is COC(=O)C(C)(C)[C@H](N)c1c(Br)ccc(N)c1O. The molecular formula is C12H17BrN2O3. The predicted octanol–water partition coefficient (Wildman–Crippen LogP) is 1.94. The highest BCUT2D eigenvalue weighted by atomic mass is 79.9. The van der Waals surface area contributed by atoms with E-state index < -0.39 is 17.4 Å². The molecule has 1 aromatic carbocycles. The third-order valence-corrected chi connectivity index (χ3v) is 3.69. The van der Waals surface area contributed by atoms with Gasteiger partial charge in [-0.05, 0) is 26.0 Å². The van der Waals surface area contributed by atoms with E-state index in [1.165, 1.54) is 7.11 Å². The van der Waals surface area contributed by atoms with Gasteiger partial charge in [0.25, 0.3) is 0 Å².